The van der Waals surface area contributed by atoms with E-state index in [-0.39, 0.29) is 17.4 Å². The number of fused-ring (bicyclic) bond motifs is 1. The number of aromatic nitrogens is 2. The highest BCUT2D eigenvalue weighted by atomic mass is 35.5. The van der Waals surface area contributed by atoms with Crippen molar-refractivity contribution < 1.29 is 4.79 Å². The SMILES string of the molecule is Cc1ccc(-n2c(C(C)N(CC(C)C)C(=O)c3ccccc3Cl)nc3ccccc3c2=O)cc1C. The number of amides is 1. The highest BCUT2D eigenvalue weighted by molar-refractivity contribution is 6.33. The third-order valence-corrected chi connectivity index (χ3v) is 6.65. The molecule has 1 amide bonds. The molecule has 5 nitrogen and oxygen atoms in total. The number of nitrogens with zero attached hydrogens (tertiary/aromatic N) is 3. The van der Waals surface area contributed by atoms with Gasteiger partial charge in [0.1, 0.15) is 5.82 Å². The normalized spacial score (nSPS) is 12.2. The van der Waals surface area contributed by atoms with Crippen molar-refractivity contribution in [3.05, 3.63) is 105 Å². The topological polar surface area (TPSA) is 55.2 Å². The summed E-state index contributed by atoms with van der Waals surface area (Å²) >= 11 is 6.39. The maximum Gasteiger partial charge on any atom is 0.266 e. The van der Waals surface area contributed by atoms with E-state index in [1.807, 2.05) is 57.2 Å². The van der Waals surface area contributed by atoms with Crippen molar-refractivity contribution in [1.29, 1.82) is 0 Å². The van der Waals surface area contributed by atoms with Gasteiger partial charge in [-0.1, -0.05) is 55.8 Å². The molecule has 0 saturated carbocycles. The average molecular weight is 488 g/mol. The van der Waals surface area contributed by atoms with E-state index in [0.29, 0.717) is 33.9 Å². The Morgan fingerprint density at radius 2 is 1.66 bits per heavy atom. The molecule has 4 aromatic rings. The van der Waals surface area contributed by atoms with Crippen LogP contribution in [0.5, 0.6) is 0 Å². The number of aryl methyl sites for hydroxylation is 2. The van der Waals surface area contributed by atoms with E-state index in [0.717, 1.165) is 16.8 Å². The van der Waals surface area contributed by atoms with Crippen LogP contribution >= 0.6 is 11.6 Å². The summed E-state index contributed by atoms with van der Waals surface area (Å²) in [5, 5.41) is 0.936. The van der Waals surface area contributed by atoms with Gasteiger partial charge in [-0.3, -0.25) is 14.2 Å². The summed E-state index contributed by atoms with van der Waals surface area (Å²) < 4.78 is 1.65. The molecule has 3 aromatic carbocycles. The van der Waals surface area contributed by atoms with Gasteiger partial charge in [0.25, 0.3) is 11.5 Å². The Hall–Kier alpha value is -3.44. The van der Waals surface area contributed by atoms with Crippen LogP contribution in [0, 0.1) is 19.8 Å². The van der Waals surface area contributed by atoms with Gasteiger partial charge in [-0.2, -0.15) is 0 Å². The van der Waals surface area contributed by atoms with E-state index < -0.39 is 6.04 Å². The van der Waals surface area contributed by atoms with Crippen LogP contribution in [0.3, 0.4) is 0 Å². The molecular weight excluding hydrogens is 458 g/mol. The lowest BCUT2D eigenvalue weighted by molar-refractivity contribution is 0.0655. The van der Waals surface area contributed by atoms with Crippen LogP contribution in [-0.4, -0.2) is 26.9 Å². The summed E-state index contributed by atoms with van der Waals surface area (Å²) in [6.45, 7) is 10.6. The zero-order chi connectivity index (χ0) is 25.3. The van der Waals surface area contributed by atoms with Gasteiger partial charge in [0.15, 0.2) is 0 Å². The molecule has 0 bridgehead atoms. The molecule has 0 aliphatic rings. The number of carbonyl (C=O) groups is 1. The minimum atomic E-state index is -0.486. The van der Waals surface area contributed by atoms with E-state index in [9.17, 15) is 9.59 Å². The zero-order valence-electron chi connectivity index (χ0n) is 20.7. The van der Waals surface area contributed by atoms with Crippen LogP contribution in [0.4, 0.5) is 0 Å². The lowest BCUT2D eigenvalue weighted by Crippen LogP contribution is -2.39. The van der Waals surface area contributed by atoms with Crippen molar-refractivity contribution in [2.24, 2.45) is 5.92 Å². The molecule has 0 saturated heterocycles. The van der Waals surface area contributed by atoms with E-state index >= 15 is 0 Å². The predicted molar refractivity (Wildman–Crippen MR) is 143 cm³/mol. The molecule has 0 spiro atoms. The van der Waals surface area contributed by atoms with E-state index in [4.69, 9.17) is 16.6 Å². The summed E-state index contributed by atoms with van der Waals surface area (Å²) in [6, 6.07) is 19.8. The van der Waals surface area contributed by atoms with Gasteiger partial charge in [0.05, 0.1) is 33.2 Å². The molecule has 1 aromatic heterocycles. The Morgan fingerprint density at radius 3 is 2.34 bits per heavy atom. The lowest BCUT2D eigenvalue weighted by atomic mass is 10.1. The van der Waals surface area contributed by atoms with Crippen LogP contribution in [0.15, 0.2) is 71.5 Å². The molecule has 35 heavy (non-hydrogen) atoms. The van der Waals surface area contributed by atoms with Crippen LogP contribution in [0.2, 0.25) is 5.02 Å². The van der Waals surface area contributed by atoms with E-state index in [2.05, 4.69) is 13.8 Å². The third-order valence-electron chi connectivity index (χ3n) is 6.32. The fourth-order valence-corrected chi connectivity index (χ4v) is 4.50. The predicted octanol–water partition coefficient (Wildman–Crippen LogP) is 6.52. The monoisotopic (exact) mass is 487 g/mol. The standard InChI is InChI=1S/C29H30ClN3O2/c1-18(2)17-32(28(34)23-10-6-8-12-25(23)30)21(5)27-31-26-13-9-7-11-24(26)29(35)33(27)22-15-14-19(3)20(4)16-22/h6-16,18,21H,17H2,1-5H3. The second kappa shape index (κ2) is 10.0. The minimum Gasteiger partial charge on any atom is -0.328 e. The third kappa shape index (κ3) is 4.87. The number of halogens is 1. The number of para-hydroxylation sites is 1. The molecule has 1 unspecified atom stereocenters. The average Bonchev–Trinajstić information content (AvgIpc) is 2.83. The molecule has 0 fully saturated rings. The van der Waals surface area contributed by atoms with Crippen molar-refractivity contribution in [3.63, 3.8) is 0 Å². The molecule has 0 aliphatic heterocycles. The van der Waals surface area contributed by atoms with Gasteiger partial charge in [0.2, 0.25) is 0 Å². The molecule has 0 radical (unpaired) electrons. The van der Waals surface area contributed by atoms with Crippen molar-refractivity contribution >= 4 is 28.4 Å². The van der Waals surface area contributed by atoms with Crippen molar-refractivity contribution in [2.45, 2.75) is 40.7 Å². The van der Waals surface area contributed by atoms with Gasteiger partial charge in [0, 0.05) is 6.54 Å². The highest BCUT2D eigenvalue weighted by Gasteiger charge is 2.29. The maximum absolute atomic E-state index is 13.8. The van der Waals surface area contributed by atoms with Crippen LogP contribution in [0.1, 0.15) is 54.1 Å². The number of hydrogen-bond donors (Lipinski definition) is 0. The summed E-state index contributed by atoms with van der Waals surface area (Å²) in [7, 11) is 0. The summed E-state index contributed by atoms with van der Waals surface area (Å²) in [5.41, 5.74) is 3.83. The fraction of sp³-hybridized carbons (Fsp3) is 0.276. The van der Waals surface area contributed by atoms with Crippen molar-refractivity contribution in [2.75, 3.05) is 6.54 Å². The van der Waals surface area contributed by atoms with Gasteiger partial charge < -0.3 is 4.90 Å². The first kappa shape index (κ1) is 24.7. The van der Waals surface area contributed by atoms with Crippen molar-refractivity contribution in [1.82, 2.24) is 14.5 Å². The second-order valence-corrected chi connectivity index (χ2v) is 9.81. The second-order valence-electron chi connectivity index (χ2n) is 9.40. The molecule has 0 aliphatic carbocycles. The molecule has 0 N–H and O–H groups in total. The van der Waals surface area contributed by atoms with Crippen LogP contribution in [0.25, 0.3) is 16.6 Å². The van der Waals surface area contributed by atoms with Gasteiger partial charge in [-0.05, 0) is 74.2 Å². The first-order valence-electron chi connectivity index (χ1n) is 11.8. The molecule has 6 heteroatoms. The molecule has 1 heterocycles. The Balaban J connectivity index is 1.95. The Morgan fingerprint density at radius 1 is 0.971 bits per heavy atom. The van der Waals surface area contributed by atoms with Crippen LogP contribution in [-0.2, 0) is 0 Å². The van der Waals surface area contributed by atoms with Gasteiger partial charge in [-0.25, -0.2) is 4.98 Å². The first-order valence-corrected chi connectivity index (χ1v) is 12.2. The lowest BCUT2D eigenvalue weighted by Gasteiger charge is -2.32. The fourth-order valence-electron chi connectivity index (χ4n) is 4.28. The smallest absolute Gasteiger partial charge is 0.266 e. The highest BCUT2D eigenvalue weighted by Crippen LogP contribution is 2.28. The van der Waals surface area contributed by atoms with E-state index in [1.165, 1.54) is 0 Å². The number of rotatable bonds is 6. The van der Waals surface area contributed by atoms with Gasteiger partial charge in [-0.15, -0.1) is 0 Å². The molecule has 1 atom stereocenters. The Labute approximate surface area is 211 Å². The minimum absolute atomic E-state index is 0.157. The molecular formula is C29H30ClN3O2. The molecule has 4 rings (SSSR count). The largest absolute Gasteiger partial charge is 0.328 e. The van der Waals surface area contributed by atoms with Crippen molar-refractivity contribution in [3.8, 4) is 5.69 Å². The first-order chi connectivity index (χ1) is 16.7. The van der Waals surface area contributed by atoms with Crippen LogP contribution < -0.4 is 5.56 Å². The summed E-state index contributed by atoms with van der Waals surface area (Å²) in [6.07, 6.45) is 0. The summed E-state index contributed by atoms with van der Waals surface area (Å²) in [4.78, 5) is 34.2. The Bertz CT molecular complexity index is 1460. The molecule has 180 valence electrons. The number of benzene rings is 3. The zero-order valence-corrected chi connectivity index (χ0v) is 21.5. The maximum atomic E-state index is 13.8. The van der Waals surface area contributed by atoms with E-state index in [1.54, 1.807) is 39.8 Å². The quantitative estimate of drug-likeness (QED) is 0.311. The van der Waals surface area contributed by atoms with Gasteiger partial charge >= 0.3 is 0 Å². The number of hydrogen-bond acceptors (Lipinski definition) is 3. The summed E-state index contributed by atoms with van der Waals surface area (Å²) in [5.74, 6) is 0.523. The Kier molecular flexibility index (Phi) is 7.08. The number of carbonyl (C=O) groups excluding carboxylic acids is 1.